The van der Waals surface area contributed by atoms with E-state index in [2.05, 4.69) is 61.6 Å². The van der Waals surface area contributed by atoms with Crippen LogP contribution in [0.4, 0.5) is 0 Å². The Kier molecular flexibility index (Phi) is 8.62. The summed E-state index contributed by atoms with van der Waals surface area (Å²) in [5, 5.41) is 26.0. The van der Waals surface area contributed by atoms with Gasteiger partial charge in [0.1, 0.15) is 0 Å². The lowest BCUT2D eigenvalue weighted by Crippen LogP contribution is -2.46. The van der Waals surface area contributed by atoms with Gasteiger partial charge in [0.05, 0.1) is 24.4 Å². The monoisotopic (exact) mass is 511 g/mol. The molecule has 5 heteroatoms. The SMILES string of the molecule is Cc1cc(-c2ccccc2C(C)OC[C@@H](O)CNC(C)(C)Cc2ccc3ccccc3c2)ccc1C(=O)O. The highest BCUT2D eigenvalue weighted by Gasteiger charge is 2.21. The van der Waals surface area contributed by atoms with Gasteiger partial charge in [-0.05, 0) is 78.8 Å². The maximum Gasteiger partial charge on any atom is 0.335 e. The molecule has 2 atom stereocenters. The van der Waals surface area contributed by atoms with Gasteiger partial charge in [0.2, 0.25) is 0 Å². The van der Waals surface area contributed by atoms with E-state index in [0.717, 1.165) is 23.1 Å². The summed E-state index contributed by atoms with van der Waals surface area (Å²) in [6.45, 7) is 8.69. The molecule has 0 bridgehead atoms. The molecule has 0 aliphatic rings. The van der Waals surface area contributed by atoms with Crippen molar-refractivity contribution in [1.82, 2.24) is 5.32 Å². The number of hydrogen-bond acceptors (Lipinski definition) is 4. The number of benzene rings is 4. The molecular formula is C33H37NO4. The van der Waals surface area contributed by atoms with Crippen LogP contribution < -0.4 is 5.32 Å². The zero-order chi connectivity index (χ0) is 27.3. The average molecular weight is 512 g/mol. The summed E-state index contributed by atoms with van der Waals surface area (Å²) in [7, 11) is 0. The number of fused-ring (bicyclic) bond motifs is 1. The van der Waals surface area contributed by atoms with E-state index in [1.807, 2.05) is 43.3 Å². The van der Waals surface area contributed by atoms with Crippen molar-refractivity contribution in [3.63, 3.8) is 0 Å². The summed E-state index contributed by atoms with van der Waals surface area (Å²) in [4.78, 5) is 11.4. The number of aliphatic hydroxyl groups excluding tert-OH is 1. The Balaban J connectivity index is 1.34. The lowest BCUT2D eigenvalue weighted by Gasteiger charge is -2.28. The van der Waals surface area contributed by atoms with Crippen LogP contribution >= 0.6 is 0 Å². The minimum Gasteiger partial charge on any atom is -0.478 e. The second kappa shape index (κ2) is 11.9. The molecule has 3 N–H and O–H groups in total. The van der Waals surface area contributed by atoms with Crippen LogP contribution in [0.1, 0.15) is 53.9 Å². The Labute approximate surface area is 225 Å². The minimum absolute atomic E-state index is 0.193. The molecular weight excluding hydrogens is 474 g/mol. The summed E-state index contributed by atoms with van der Waals surface area (Å²) in [6.07, 6.45) is -0.0570. The van der Waals surface area contributed by atoms with E-state index in [-0.39, 0.29) is 18.2 Å². The summed E-state index contributed by atoms with van der Waals surface area (Å²) < 4.78 is 6.09. The molecule has 0 aliphatic carbocycles. The fourth-order valence-corrected chi connectivity index (χ4v) is 4.91. The number of hydrogen-bond donors (Lipinski definition) is 3. The molecule has 0 aromatic heterocycles. The van der Waals surface area contributed by atoms with Crippen LogP contribution in [0.15, 0.2) is 84.9 Å². The van der Waals surface area contributed by atoms with Crippen LogP contribution in [0.5, 0.6) is 0 Å². The molecule has 0 heterocycles. The number of carboxylic acid groups (broad SMARTS) is 1. The Morgan fingerprint density at radius 1 is 0.947 bits per heavy atom. The molecule has 4 aromatic rings. The van der Waals surface area contributed by atoms with E-state index in [9.17, 15) is 15.0 Å². The van der Waals surface area contributed by atoms with Crippen molar-refractivity contribution >= 4 is 16.7 Å². The Hall–Kier alpha value is -3.51. The highest BCUT2D eigenvalue weighted by atomic mass is 16.5. The van der Waals surface area contributed by atoms with Crippen LogP contribution in [-0.2, 0) is 11.2 Å². The van der Waals surface area contributed by atoms with Gasteiger partial charge in [0.25, 0.3) is 0 Å². The molecule has 0 saturated heterocycles. The van der Waals surface area contributed by atoms with Crippen molar-refractivity contribution in [2.24, 2.45) is 0 Å². The van der Waals surface area contributed by atoms with Crippen molar-refractivity contribution in [2.45, 2.75) is 51.9 Å². The van der Waals surface area contributed by atoms with Gasteiger partial charge in [-0.1, -0.05) is 78.9 Å². The van der Waals surface area contributed by atoms with Gasteiger partial charge in [-0.3, -0.25) is 0 Å². The number of aromatic carboxylic acids is 1. The number of aliphatic hydroxyl groups is 1. The normalized spacial score (nSPS) is 13.4. The van der Waals surface area contributed by atoms with E-state index < -0.39 is 12.1 Å². The maximum absolute atomic E-state index is 11.4. The Morgan fingerprint density at radius 3 is 2.39 bits per heavy atom. The molecule has 0 spiro atoms. The first kappa shape index (κ1) is 27.5. The standard InChI is InChI=1S/C33H37NO4/c1-22-17-27(15-16-29(22)32(36)37)31-12-8-7-11-30(31)23(2)38-21-28(35)20-34-33(3,4)19-24-13-14-25-9-5-6-10-26(25)18-24/h5-18,23,28,34-35H,19-21H2,1-4H3,(H,36,37)/t23?,28-/m0/s1. The average Bonchev–Trinajstić information content (AvgIpc) is 2.90. The molecule has 0 radical (unpaired) electrons. The van der Waals surface area contributed by atoms with Crippen molar-refractivity contribution < 1.29 is 19.7 Å². The van der Waals surface area contributed by atoms with E-state index in [0.29, 0.717) is 17.7 Å². The van der Waals surface area contributed by atoms with Gasteiger partial charge in [0.15, 0.2) is 0 Å². The predicted molar refractivity (Wildman–Crippen MR) is 154 cm³/mol. The number of carboxylic acids is 1. The number of ether oxygens (including phenoxy) is 1. The summed E-state index contributed by atoms with van der Waals surface area (Å²) in [5.41, 5.74) is 5.00. The maximum atomic E-state index is 11.4. The number of β-amino-alcohol motifs (C(OH)–C–C–N with tert-alkyl or cyclic N) is 1. The third-order valence-electron chi connectivity index (χ3n) is 6.98. The van der Waals surface area contributed by atoms with Crippen LogP contribution in [-0.4, -0.2) is 41.0 Å². The molecule has 38 heavy (non-hydrogen) atoms. The summed E-state index contributed by atoms with van der Waals surface area (Å²) in [5.74, 6) is -0.929. The molecule has 198 valence electrons. The highest BCUT2D eigenvalue weighted by molar-refractivity contribution is 5.90. The topological polar surface area (TPSA) is 78.8 Å². The van der Waals surface area contributed by atoms with Gasteiger partial charge >= 0.3 is 5.97 Å². The fourth-order valence-electron chi connectivity index (χ4n) is 4.91. The molecule has 4 rings (SSSR count). The molecule has 0 fully saturated rings. The van der Waals surface area contributed by atoms with Gasteiger partial charge in [-0.25, -0.2) is 4.79 Å². The van der Waals surface area contributed by atoms with Crippen LogP contribution in [0.25, 0.3) is 21.9 Å². The van der Waals surface area contributed by atoms with Gasteiger partial charge in [-0.2, -0.15) is 0 Å². The Morgan fingerprint density at radius 2 is 1.66 bits per heavy atom. The number of rotatable bonds is 11. The van der Waals surface area contributed by atoms with Crippen LogP contribution in [0.3, 0.4) is 0 Å². The predicted octanol–water partition coefficient (Wildman–Crippen LogP) is 6.56. The third-order valence-corrected chi connectivity index (χ3v) is 6.98. The first-order valence-electron chi connectivity index (χ1n) is 13.1. The lowest BCUT2D eigenvalue weighted by molar-refractivity contribution is -0.00397. The van der Waals surface area contributed by atoms with Gasteiger partial charge in [-0.15, -0.1) is 0 Å². The van der Waals surface area contributed by atoms with Crippen molar-refractivity contribution in [2.75, 3.05) is 13.2 Å². The first-order chi connectivity index (χ1) is 18.1. The number of nitrogens with one attached hydrogen (secondary N) is 1. The van der Waals surface area contributed by atoms with E-state index in [1.165, 1.54) is 16.3 Å². The van der Waals surface area contributed by atoms with Gasteiger partial charge in [0, 0.05) is 12.1 Å². The smallest absolute Gasteiger partial charge is 0.335 e. The molecule has 0 amide bonds. The second-order valence-electron chi connectivity index (χ2n) is 10.7. The van der Waals surface area contributed by atoms with Crippen molar-refractivity contribution in [3.05, 3.63) is 107 Å². The second-order valence-corrected chi connectivity index (χ2v) is 10.7. The van der Waals surface area contributed by atoms with E-state index in [1.54, 1.807) is 13.0 Å². The van der Waals surface area contributed by atoms with Crippen molar-refractivity contribution in [1.29, 1.82) is 0 Å². The summed E-state index contributed by atoms with van der Waals surface area (Å²) in [6, 6.07) is 28.2. The quantitative estimate of drug-likeness (QED) is 0.212. The lowest BCUT2D eigenvalue weighted by atomic mass is 9.93. The molecule has 0 saturated carbocycles. The number of carbonyl (C=O) groups is 1. The minimum atomic E-state index is -0.929. The van der Waals surface area contributed by atoms with E-state index in [4.69, 9.17) is 4.74 Å². The Bertz CT molecular complexity index is 1410. The first-order valence-corrected chi connectivity index (χ1v) is 13.1. The molecule has 4 aromatic carbocycles. The summed E-state index contributed by atoms with van der Waals surface area (Å²) >= 11 is 0. The molecule has 5 nitrogen and oxygen atoms in total. The van der Waals surface area contributed by atoms with E-state index >= 15 is 0 Å². The fraction of sp³-hybridized carbons (Fsp3) is 0.303. The van der Waals surface area contributed by atoms with Crippen LogP contribution in [0, 0.1) is 6.92 Å². The van der Waals surface area contributed by atoms with Crippen molar-refractivity contribution in [3.8, 4) is 11.1 Å². The third kappa shape index (κ3) is 6.87. The zero-order valence-corrected chi connectivity index (χ0v) is 22.6. The largest absolute Gasteiger partial charge is 0.478 e. The van der Waals surface area contributed by atoms with Crippen LogP contribution in [0.2, 0.25) is 0 Å². The molecule has 1 unspecified atom stereocenters. The molecule has 0 aliphatic heterocycles. The zero-order valence-electron chi connectivity index (χ0n) is 22.6. The number of aryl methyl sites for hydroxylation is 1. The van der Waals surface area contributed by atoms with Gasteiger partial charge < -0.3 is 20.3 Å². The highest BCUT2D eigenvalue weighted by Crippen LogP contribution is 2.31.